The number of hydrogen-bond donors (Lipinski definition) is 1. The Kier molecular flexibility index (Phi) is 6.35. The lowest BCUT2D eigenvalue weighted by atomic mass is 10.1. The highest BCUT2D eigenvalue weighted by atomic mass is 35.5. The van der Waals surface area contributed by atoms with Gasteiger partial charge < -0.3 is 14.7 Å². The Bertz CT molecular complexity index is 1400. The van der Waals surface area contributed by atoms with E-state index >= 15 is 0 Å². The molecule has 1 N–H and O–H groups in total. The van der Waals surface area contributed by atoms with Gasteiger partial charge in [0, 0.05) is 28.9 Å². The van der Waals surface area contributed by atoms with Gasteiger partial charge in [-0.25, -0.2) is 19.3 Å². The highest BCUT2D eigenvalue weighted by molar-refractivity contribution is 6.30. The van der Waals surface area contributed by atoms with Gasteiger partial charge in [0.1, 0.15) is 23.1 Å². The van der Waals surface area contributed by atoms with Crippen molar-refractivity contribution in [2.45, 2.75) is 39.5 Å². The second-order valence-electron chi connectivity index (χ2n) is 8.66. The minimum absolute atomic E-state index is 0.00403. The number of nitrogens with zero attached hydrogens (tertiary/aromatic N) is 7. The zero-order valence-electron chi connectivity index (χ0n) is 19.6. The Balaban J connectivity index is 1.59. The van der Waals surface area contributed by atoms with Crippen LogP contribution < -0.4 is 4.90 Å². The Hall–Kier alpha value is -3.21. The third-order valence-electron chi connectivity index (χ3n) is 6.01. The summed E-state index contributed by atoms with van der Waals surface area (Å²) in [5.74, 6) is -0.0738. The maximum absolute atomic E-state index is 15.0. The second-order valence-corrected chi connectivity index (χ2v) is 9.10. The summed E-state index contributed by atoms with van der Waals surface area (Å²) in [6.45, 7) is 7.13. The van der Waals surface area contributed by atoms with E-state index in [1.54, 1.807) is 23.0 Å². The van der Waals surface area contributed by atoms with Gasteiger partial charge in [0.15, 0.2) is 5.65 Å². The zero-order valence-corrected chi connectivity index (χ0v) is 20.4. The first-order chi connectivity index (χ1) is 16.8. The number of aliphatic hydroxyl groups is 1. The van der Waals surface area contributed by atoms with Crippen molar-refractivity contribution in [2.75, 3.05) is 24.6 Å². The topological polar surface area (TPSA) is 102 Å². The van der Waals surface area contributed by atoms with Crippen LogP contribution in [0, 0.1) is 19.7 Å². The maximum atomic E-state index is 15.0. The molecule has 0 radical (unpaired) electrons. The molecule has 0 saturated carbocycles. The van der Waals surface area contributed by atoms with Crippen molar-refractivity contribution in [2.24, 2.45) is 0 Å². The van der Waals surface area contributed by atoms with Crippen LogP contribution in [0.25, 0.3) is 22.4 Å². The number of anilines is 1. The quantitative estimate of drug-likeness (QED) is 0.446. The molecule has 1 aliphatic heterocycles. The first kappa shape index (κ1) is 23.5. The molecule has 1 saturated heterocycles. The molecule has 1 aromatic carbocycles. The number of aliphatic hydroxyl groups excluding tert-OH is 1. The summed E-state index contributed by atoms with van der Waals surface area (Å²) in [5, 5.41) is 13.8. The van der Waals surface area contributed by atoms with Crippen molar-refractivity contribution >= 4 is 28.7 Å². The highest BCUT2D eigenvalue weighted by Crippen LogP contribution is 2.32. The predicted molar refractivity (Wildman–Crippen MR) is 130 cm³/mol. The maximum Gasteiger partial charge on any atom is 0.228 e. The molecule has 4 aromatic rings. The van der Waals surface area contributed by atoms with Crippen molar-refractivity contribution in [3.63, 3.8) is 0 Å². The van der Waals surface area contributed by atoms with Crippen LogP contribution >= 0.6 is 11.6 Å². The van der Waals surface area contributed by atoms with Crippen molar-refractivity contribution in [1.29, 1.82) is 0 Å². The highest BCUT2D eigenvalue weighted by Gasteiger charge is 2.30. The molecule has 0 amide bonds. The third kappa shape index (κ3) is 4.69. The lowest BCUT2D eigenvalue weighted by Crippen LogP contribution is -2.43. The molecule has 0 bridgehead atoms. The molecule has 182 valence electrons. The summed E-state index contributed by atoms with van der Waals surface area (Å²) in [6, 6.07) is 4.48. The van der Waals surface area contributed by atoms with Gasteiger partial charge in [0.05, 0.1) is 43.4 Å². The Morgan fingerprint density at radius 3 is 2.71 bits per heavy atom. The SMILES string of the molecule is Cc1nc2nc(N3C[C@@H](C)O[C@@H](c4cnn(CCO)c4)C3)nc(-c3ccc(Cl)cc3F)c2nc1C. The number of aromatic nitrogens is 6. The average molecular weight is 498 g/mol. The van der Waals surface area contributed by atoms with Gasteiger partial charge in [0.2, 0.25) is 5.95 Å². The van der Waals surface area contributed by atoms with Gasteiger partial charge in [-0.15, -0.1) is 0 Å². The Morgan fingerprint density at radius 2 is 1.94 bits per heavy atom. The summed E-state index contributed by atoms with van der Waals surface area (Å²) >= 11 is 5.99. The smallest absolute Gasteiger partial charge is 0.228 e. The fourth-order valence-corrected chi connectivity index (χ4v) is 4.34. The monoisotopic (exact) mass is 497 g/mol. The number of ether oxygens (including phenoxy) is 1. The molecule has 1 fully saturated rings. The summed E-state index contributed by atoms with van der Waals surface area (Å²) < 4.78 is 22.8. The van der Waals surface area contributed by atoms with E-state index in [4.69, 9.17) is 26.3 Å². The van der Waals surface area contributed by atoms with E-state index in [0.717, 1.165) is 17.0 Å². The molecule has 11 heteroatoms. The van der Waals surface area contributed by atoms with Crippen molar-refractivity contribution in [3.05, 3.63) is 58.4 Å². The van der Waals surface area contributed by atoms with E-state index in [1.807, 2.05) is 31.9 Å². The molecule has 0 aliphatic carbocycles. The van der Waals surface area contributed by atoms with Crippen LogP contribution in [-0.4, -0.2) is 60.6 Å². The lowest BCUT2D eigenvalue weighted by molar-refractivity contribution is -0.0179. The van der Waals surface area contributed by atoms with Crippen LogP contribution in [0.5, 0.6) is 0 Å². The van der Waals surface area contributed by atoms with Crippen LogP contribution in [0.4, 0.5) is 10.3 Å². The van der Waals surface area contributed by atoms with Gasteiger partial charge in [-0.2, -0.15) is 10.1 Å². The molecule has 0 unspecified atom stereocenters. The number of benzene rings is 1. The van der Waals surface area contributed by atoms with E-state index in [2.05, 4.69) is 15.1 Å². The summed E-state index contributed by atoms with van der Waals surface area (Å²) in [4.78, 5) is 20.8. The van der Waals surface area contributed by atoms with E-state index in [1.165, 1.54) is 6.07 Å². The van der Waals surface area contributed by atoms with Crippen LogP contribution in [0.3, 0.4) is 0 Å². The normalized spacial score (nSPS) is 18.4. The summed E-state index contributed by atoms with van der Waals surface area (Å²) in [5.41, 5.74) is 3.84. The standard InChI is InChI=1S/C24H25ClFN7O2/c1-13-10-32(12-20(35-13)16-9-27-33(11-16)6-7-34)24-30-21(18-5-4-17(25)8-19(18)26)22-23(31-24)29-15(3)14(2)28-22/h4-5,8-9,11,13,20,34H,6-7,10,12H2,1-3H3/t13-,20-/m1/s1. The minimum Gasteiger partial charge on any atom is -0.394 e. The number of fused-ring (bicyclic) bond motifs is 1. The lowest BCUT2D eigenvalue weighted by Gasteiger charge is -2.36. The van der Waals surface area contributed by atoms with E-state index in [-0.39, 0.29) is 24.4 Å². The van der Waals surface area contributed by atoms with Gasteiger partial charge in [-0.3, -0.25) is 4.68 Å². The van der Waals surface area contributed by atoms with Crippen molar-refractivity contribution in [3.8, 4) is 11.3 Å². The summed E-state index contributed by atoms with van der Waals surface area (Å²) in [6.07, 6.45) is 3.22. The molecular formula is C24H25ClFN7O2. The number of rotatable bonds is 5. The number of morpholine rings is 1. The van der Waals surface area contributed by atoms with Crippen LogP contribution in [0.2, 0.25) is 5.02 Å². The molecule has 5 rings (SSSR count). The largest absolute Gasteiger partial charge is 0.394 e. The molecule has 4 heterocycles. The van der Waals surface area contributed by atoms with E-state index in [0.29, 0.717) is 47.5 Å². The molecule has 35 heavy (non-hydrogen) atoms. The average Bonchev–Trinajstić information content (AvgIpc) is 3.28. The third-order valence-corrected chi connectivity index (χ3v) is 6.25. The predicted octanol–water partition coefficient (Wildman–Crippen LogP) is 3.65. The molecule has 9 nitrogen and oxygen atoms in total. The minimum atomic E-state index is -0.493. The fraction of sp³-hybridized carbons (Fsp3) is 0.375. The first-order valence-electron chi connectivity index (χ1n) is 11.3. The van der Waals surface area contributed by atoms with Crippen molar-refractivity contribution in [1.82, 2.24) is 29.7 Å². The van der Waals surface area contributed by atoms with Gasteiger partial charge in [-0.1, -0.05) is 11.6 Å². The van der Waals surface area contributed by atoms with E-state index < -0.39 is 5.82 Å². The van der Waals surface area contributed by atoms with Crippen LogP contribution in [0.15, 0.2) is 30.6 Å². The van der Waals surface area contributed by atoms with Gasteiger partial charge in [-0.05, 0) is 39.0 Å². The molecular weight excluding hydrogens is 473 g/mol. The van der Waals surface area contributed by atoms with Gasteiger partial charge in [0.25, 0.3) is 0 Å². The number of halogens is 2. The second kappa shape index (κ2) is 9.44. The summed E-state index contributed by atoms with van der Waals surface area (Å²) in [7, 11) is 0. The van der Waals surface area contributed by atoms with Gasteiger partial charge >= 0.3 is 0 Å². The zero-order chi connectivity index (χ0) is 24.7. The van der Waals surface area contributed by atoms with Crippen molar-refractivity contribution < 1.29 is 14.2 Å². The Morgan fingerprint density at radius 1 is 1.14 bits per heavy atom. The fourth-order valence-electron chi connectivity index (χ4n) is 4.18. The van der Waals surface area contributed by atoms with E-state index in [9.17, 15) is 9.50 Å². The Labute approximate surface area is 206 Å². The molecule has 0 spiro atoms. The molecule has 3 aromatic heterocycles. The van der Waals surface area contributed by atoms with Crippen LogP contribution in [0.1, 0.15) is 30.0 Å². The number of aryl methyl sites for hydroxylation is 2. The number of hydrogen-bond acceptors (Lipinski definition) is 8. The molecule has 1 aliphatic rings. The first-order valence-corrected chi connectivity index (χ1v) is 11.7. The molecule has 2 atom stereocenters. The van der Waals surface area contributed by atoms with Crippen LogP contribution in [-0.2, 0) is 11.3 Å².